The van der Waals surface area contributed by atoms with Crippen molar-refractivity contribution >= 4 is 29.5 Å². The minimum absolute atomic E-state index is 0.0794. The first-order valence-corrected chi connectivity index (χ1v) is 15.5. The number of rotatable bonds is 17. The van der Waals surface area contributed by atoms with E-state index < -0.39 is 41.5 Å². The van der Waals surface area contributed by atoms with Crippen molar-refractivity contribution in [2.45, 2.75) is 96.7 Å². The summed E-state index contributed by atoms with van der Waals surface area (Å²) in [6.45, 7) is 7.45. The van der Waals surface area contributed by atoms with Crippen LogP contribution in [0.25, 0.3) is 0 Å². The molecule has 4 amide bonds. The van der Waals surface area contributed by atoms with E-state index in [9.17, 15) is 19.2 Å². The van der Waals surface area contributed by atoms with Gasteiger partial charge in [0, 0.05) is 24.2 Å². The van der Waals surface area contributed by atoms with Crippen molar-refractivity contribution in [3.05, 3.63) is 59.7 Å². The number of ether oxygens (including phenoxy) is 2. The van der Waals surface area contributed by atoms with Crippen LogP contribution in [0, 0.1) is 12.3 Å². The third kappa shape index (κ3) is 12.5. The molecule has 2 aromatic carbocycles. The van der Waals surface area contributed by atoms with Gasteiger partial charge in [-0.05, 0) is 69.5 Å². The predicted octanol–water partition coefficient (Wildman–Crippen LogP) is 5.70. The van der Waals surface area contributed by atoms with E-state index in [2.05, 4.69) is 23.5 Å². The summed E-state index contributed by atoms with van der Waals surface area (Å²) in [7, 11) is 1.55. The summed E-state index contributed by atoms with van der Waals surface area (Å²) in [5.41, 5.74) is 6.00. The van der Waals surface area contributed by atoms with Gasteiger partial charge in [-0.2, -0.15) is 0 Å². The number of methoxy groups -OCH3 is 1. The van der Waals surface area contributed by atoms with Crippen LogP contribution in [-0.2, 0) is 19.1 Å². The van der Waals surface area contributed by atoms with Gasteiger partial charge in [-0.25, -0.2) is 4.79 Å². The predicted molar refractivity (Wildman–Crippen MR) is 175 cm³/mol. The van der Waals surface area contributed by atoms with E-state index in [4.69, 9.17) is 21.6 Å². The molecule has 4 N–H and O–H groups in total. The lowest BCUT2D eigenvalue weighted by atomic mass is 9.96. The molecule has 0 heterocycles. The van der Waals surface area contributed by atoms with Crippen molar-refractivity contribution in [2.75, 3.05) is 19.0 Å². The van der Waals surface area contributed by atoms with Crippen LogP contribution in [0.15, 0.2) is 48.5 Å². The molecule has 0 aromatic heterocycles. The van der Waals surface area contributed by atoms with Gasteiger partial charge in [0.15, 0.2) is 0 Å². The Morgan fingerprint density at radius 2 is 1.62 bits per heavy atom. The summed E-state index contributed by atoms with van der Waals surface area (Å²) in [4.78, 5) is 54.6. The standard InChI is InChI=1S/C35H48N4O6/c1-7-9-10-11-12-15-24-39(33(42)29(22-23-30(36)40)38-34(43)45-35(3,4)5)31(28-17-14-13-16-25(28)8-2)32(41)37-26-18-20-27(44-6)21-19-26/h2,13-14,16-21,29,31H,7,9-12,15,22-24H2,1,3-6H3,(H2,36,40)(H,37,41)(H,38,43). The maximum Gasteiger partial charge on any atom is 0.408 e. The summed E-state index contributed by atoms with van der Waals surface area (Å²) in [5.74, 6) is 1.57. The Labute approximate surface area is 267 Å². The van der Waals surface area contributed by atoms with E-state index in [-0.39, 0.29) is 19.4 Å². The molecule has 0 aliphatic rings. The van der Waals surface area contributed by atoms with Gasteiger partial charge in [0.05, 0.1) is 7.11 Å². The molecule has 0 aliphatic carbocycles. The molecular formula is C35H48N4O6. The van der Waals surface area contributed by atoms with Gasteiger partial charge in [-0.15, -0.1) is 6.42 Å². The third-order valence-electron chi connectivity index (χ3n) is 7.03. The number of hydrogen-bond acceptors (Lipinski definition) is 6. The number of hydrogen-bond donors (Lipinski definition) is 3. The van der Waals surface area contributed by atoms with Gasteiger partial charge < -0.3 is 30.7 Å². The maximum atomic E-state index is 14.4. The molecule has 0 fully saturated rings. The van der Waals surface area contributed by atoms with Crippen LogP contribution < -0.4 is 21.1 Å². The largest absolute Gasteiger partial charge is 0.497 e. The zero-order chi connectivity index (χ0) is 33.4. The molecule has 0 saturated carbocycles. The lowest BCUT2D eigenvalue weighted by Gasteiger charge is -2.35. The van der Waals surface area contributed by atoms with Crippen molar-refractivity contribution < 1.29 is 28.7 Å². The number of amides is 4. The molecular weight excluding hydrogens is 572 g/mol. The summed E-state index contributed by atoms with van der Waals surface area (Å²) in [6, 6.07) is 11.4. The van der Waals surface area contributed by atoms with Crippen LogP contribution in [0.5, 0.6) is 5.75 Å². The van der Waals surface area contributed by atoms with Gasteiger partial charge in [-0.1, -0.05) is 63.1 Å². The number of carbonyl (C=O) groups excluding carboxylic acids is 4. The van der Waals surface area contributed by atoms with Gasteiger partial charge >= 0.3 is 6.09 Å². The Bertz CT molecular complexity index is 1310. The Morgan fingerprint density at radius 3 is 2.22 bits per heavy atom. The number of terminal acetylenes is 1. The zero-order valence-electron chi connectivity index (χ0n) is 27.2. The first kappa shape index (κ1) is 36.7. The van der Waals surface area contributed by atoms with Crippen molar-refractivity contribution in [1.82, 2.24) is 10.2 Å². The van der Waals surface area contributed by atoms with Crippen molar-refractivity contribution in [3.63, 3.8) is 0 Å². The highest BCUT2D eigenvalue weighted by Gasteiger charge is 2.37. The topological polar surface area (TPSA) is 140 Å². The van der Waals surface area contributed by atoms with Gasteiger partial charge in [0.25, 0.3) is 5.91 Å². The SMILES string of the molecule is C#Cc1ccccc1C(C(=O)Nc1ccc(OC)cc1)N(CCCCCCCC)C(=O)C(CCC(N)=O)NC(=O)OC(C)(C)C. The number of anilines is 1. The second kappa shape index (κ2) is 18.3. The van der Waals surface area contributed by atoms with Crippen LogP contribution in [-0.4, -0.2) is 54.0 Å². The van der Waals surface area contributed by atoms with Crippen LogP contribution in [0.3, 0.4) is 0 Å². The number of nitrogens with two attached hydrogens (primary N) is 1. The molecule has 10 nitrogen and oxygen atoms in total. The highest BCUT2D eigenvalue weighted by Crippen LogP contribution is 2.29. The quantitative estimate of drug-likeness (QED) is 0.153. The van der Waals surface area contributed by atoms with E-state index in [1.54, 1.807) is 76.4 Å². The Hall–Kier alpha value is -4.52. The Kier molecular flexibility index (Phi) is 14.9. The van der Waals surface area contributed by atoms with Gasteiger partial charge in [0.2, 0.25) is 11.8 Å². The molecule has 0 bridgehead atoms. The second-order valence-corrected chi connectivity index (χ2v) is 11.9. The number of nitrogens with zero attached hydrogens (tertiary/aromatic N) is 1. The molecule has 0 saturated heterocycles. The number of benzene rings is 2. The Balaban J connectivity index is 2.58. The number of unbranched alkanes of at least 4 members (excludes halogenated alkanes) is 5. The normalized spacial score (nSPS) is 12.3. The lowest BCUT2D eigenvalue weighted by molar-refractivity contribution is -0.141. The lowest BCUT2D eigenvalue weighted by Crippen LogP contribution is -2.53. The Morgan fingerprint density at radius 1 is 0.978 bits per heavy atom. The highest BCUT2D eigenvalue weighted by molar-refractivity contribution is 5.99. The fourth-order valence-electron chi connectivity index (χ4n) is 4.83. The third-order valence-corrected chi connectivity index (χ3v) is 7.03. The van der Waals surface area contributed by atoms with Crippen LogP contribution in [0.1, 0.15) is 96.2 Å². The molecule has 2 rings (SSSR count). The summed E-state index contributed by atoms with van der Waals surface area (Å²) in [6.07, 6.45) is 10.5. The van der Waals surface area contributed by atoms with Crippen LogP contribution in [0.2, 0.25) is 0 Å². The minimum Gasteiger partial charge on any atom is -0.497 e. The first-order valence-electron chi connectivity index (χ1n) is 15.5. The number of nitrogens with one attached hydrogen (secondary N) is 2. The average Bonchev–Trinajstić information content (AvgIpc) is 2.99. The van der Waals surface area contributed by atoms with E-state index in [1.165, 1.54) is 4.90 Å². The monoisotopic (exact) mass is 620 g/mol. The summed E-state index contributed by atoms with van der Waals surface area (Å²) < 4.78 is 10.6. The molecule has 2 atom stereocenters. The smallest absolute Gasteiger partial charge is 0.408 e. The van der Waals surface area contributed by atoms with Crippen LogP contribution >= 0.6 is 0 Å². The van der Waals surface area contributed by atoms with Gasteiger partial charge in [-0.3, -0.25) is 14.4 Å². The summed E-state index contributed by atoms with van der Waals surface area (Å²) >= 11 is 0. The van der Waals surface area contributed by atoms with Gasteiger partial charge in [0.1, 0.15) is 23.4 Å². The molecule has 45 heavy (non-hydrogen) atoms. The van der Waals surface area contributed by atoms with E-state index in [0.29, 0.717) is 29.0 Å². The van der Waals surface area contributed by atoms with E-state index in [0.717, 1.165) is 32.1 Å². The zero-order valence-corrected chi connectivity index (χ0v) is 27.2. The van der Waals surface area contributed by atoms with E-state index in [1.807, 2.05) is 0 Å². The molecule has 244 valence electrons. The highest BCUT2D eigenvalue weighted by atomic mass is 16.6. The molecule has 0 spiro atoms. The molecule has 10 heteroatoms. The van der Waals surface area contributed by atoms with Crippen molar-refractivity contribution in [2.24, 2.45) is 5.73 Å². The second-order valence-electron chi connectivity index (χ2n) is 11.9. The number of primary amides is 1. The molecule has 2 unspecified atom stereocenters. The molecule has 0 radical (unpaired) electrons. The van der Waals surface area contributed by atoms with Crippen molar-refractivity contribution in [3.8, 4) is 18.1 Å². The number of alkyl carbamates (subject to hydrolysis) is 1. The fourth-order valence-corrected chi connectivity index (χ4v) is 4.83. The molecule has 0 aliphatic heterocycles. The summed E-state index contributed by atoms with van der Waals surface area (Å²) in [5, 5.41) is 5.53. The van der Waals surface area contributed by atoms with E-state index >= 15 is 0 Å². The minimum atomic E-state index is -1.19. The first-order chi connectivity index (χ1) is 21.4. The van der Waals surface area contributed by atoms with Crippen molar-refractivity contribution in [1.29, 1.82) is 0 Å². The maximum absolute atomic E-state index is 14.4. The number of carbonyl (C=O) groups is 4. The van der Waals surface area contributed by atoms with Crippen LogP contribution in [0.4, 0.5) is 10.5 Å². The molecule has 2 aromatic rings. The average molecular weight is 621 g/mol. The fraction of sp³-hybridized carbons (Fsp3) is 0.486.